The van der Waals surface area contributed by atoms with Gasteiger partial charge in [-0.3, -0.25) is 0 Å². The molecular weight excluding hydrogens is 262 g/mol. The zero-order valence-electron chi connectivity index (χ0n) is 13.4. The summed E-state index contributed by atoms with van der Waals surface area (Å²) in [6.07, 6.45) is 12.6. The van der Waals surface area contributed by atoms with Gasteiger partial charge in [-0.2, -0.15) is 4.98 Å². The van der Waals surface area contributed by atoms with Gasteiger partial charge in [0, 0.05) is 5.92 Å². The summed E-state index contributed by atoms with van der Waals surface area (Å²) in [5.41, 5.74) is 0.123. The van der Waals surface area contributed by atoms with Crippen molar-refractivity contribution in [1.82, 2.24) is 15.5 Å². The molecule has 0 spiro atoms. The Balaban J connectivity index is 1.75. The summed E-state index contributed by atoms with van der Waals surface area (Å²) in [6, 6.07) is 0. The number of nitrogens with zero attached hydrogens (tertiary/aromatic N) is 2. The molecule has 21 heavy (non-hydrogen) atoms. The van der Waals surface area contributed by atoms with Crippen LogP contribution in [0.1, 0.15) is 88.8 Å². The number of hydrogen-bond acceptors (Lipinski definition) is 4. The number of nitrogens with one attached hydrogen (secondary N) is 1. The Morgan fingerprint density at radius 1 is 1.10 bits per heavy atom. The van der Waals surface area contributed by atoms with Crippen molar-refractivity contribution >= 4 is 0 Å². The normalized spacial score (nSPS) is 24.4. The Morgan fingerprint density at radius 2 is 1.76 bits per heavy atom. The summed E-state index contributed by atoms with van der Waals surface area (Å²) in [4.78, 5) is 4.87. The van der Waals surface area contributed by atoms with Crippen LogP contribution in [-0.2, 0) is 5.41 Å². The van der Waals surface area contributed by atoms with Gasteiger partial charge >= 0.3 is 0 Å². The van der Waals surface area contributed by atoms with Crippen LogP contribution in [0.25, 0.3) is 0 Å². The fraction of sp³-hybridized carbons (Fsp3) is 0.882. The lowest BCUT2D eigenvalue weighted by molar-refractivity contribution is 0.215. The molecule has 4 heteroatoms. The van der Waals surface area contributed by atoms with Crippen molar-refractivity contribution < 1.29 is 4.52 Å². The lowest BCUT2D eigenvalue weighted by Gasteiger charge is -2.33. The molecular formula is C17H29N3O. The Morgan fingerprint density at radius 3 is 2.43 bits per heavy atom. The van der Waals surface area contributed by atoms with Crippen LogP contribution in [0.4, 0.5) is 0 Å². The van der Waals surface area contributed by atoms with E-state index >= 15 is 0 Å². The minimum atomic E-state index is 0.123. The van der Waals surface area contributed by atoms with Gasteiger partial charge in [0.05, 0.1) is 5.41 Å². The summed E-state index contributed by atoms with van der Waals surface area (Å²) in [7, 11) is 0. The van der Waals surface area contributed by atoms with E-state index in [4.69, 9.17) is 9.51 Å². The maximum absolute atomic E-state index is 5.73. The molecule has 4 nitrogen and oxygen atoms in total. The van der Waals surface area contributed by atoms with Crippen LogP contribution in [0.5, 0.6) is 0 Å². The van der Waals surface area contributed by atoms with Crippen molar-refractivity contribution in [3.05, 3.63) is 11.7 Å². The molecule has 0 amide bonds. The van der Waals surface area contributed by atoms with Crippen molar-refractivity contribution in [2.24, 2.45) is 0 Å². The lowest BCUT2D eigenvalue weighted by Crippen LogP contribution is -2.39. The minimum absolute atomic E-state index is 0.123. The summed E-state index contributed by atoms with van der Waals surface area (Å²) in [5, 5.41) is 7.81. The van der Waals surface area contributed by atoms with Gasteiger partial charge in [-0.05, 0) is 45.2 Å². The first kappa shape index (κ1) is 15.0. The molecule has 0 unspecified atom stereocenters. The third-order valence-corrected chi connectivity index (χ3v) is 5.60. The largest absolute Gasteiger partial charge is 0.339 e. The van der Waals surface area contributed by atoms with Crippen molar-refractivity contribution in [3.8, 4) is 0 Å². The quantitative estimate of drug-likeness (QED) is 0.916. The Hall–Kier alpha value is -0.900. The second kappa shape index (κ2) is 6.91. The summed E-state index contributed by atoms with van der Waals surface area (Å²) < 4.78 is 5.73. The number of hydrogen-bond donors (Lipinski definition) is 1. The summed E-state index contributed by atoms with van der Waals surface area (Å²) in [6.45, 7) is 4.38. The van der Waals surface area contributed by atoms with Gasteiger partial charge in [0.2, 0.25) is 5.89 Å². The first-order valence-electron chi connectivity index (χ1n) is 8.89. The predicted molar refractivity (Wildman–Crippen MR) is 83.4 cm³/mol. The molecule has 2 fully saturated rings. The van der Waals surface area contributed by atoms with Crippen molar-refractivity contribution in [2.75, 3.05) is 13.1 Å². The van der Waals surface area contributed by atoms with Gasteiger partial charge in [0.1, 0.15) is 0 Å². The van der Waals surface area contributed by atoms with E-state index in [-0.39, 0.29) is 5.41 Å². The zero-order chi connectivity index (χ0) is 14.5. The third-order valence-electron chi connectivity index (χ3n) is 5.60. The van der Waals surface area contributed by atoms with Gasteiger partial charge < -0.3 is 9.84 Å². The van der Waals surface area contributed by atoms with Gasteiger partial charge in [-0.25, -0.2) is 0 Å². The van der Waals surface area contributed by atoms with Crippen molar-refractivity contribution in [3.63, 3.8) is 0 Å². The number of piperidine rings is 1. The molecule has 0 aromatic carbocycles. The average molecular weight is 291 g/mol. The third kappa shape index (κ3) is 3.31. The van der Waals surface area contributed by atoms with Crippen LogP contribution in [0.15, 0.2) is 4.52 Å². The molecule has 2 aliphatic rings. The lowest BCUT2D eigenvalue weighted by atomic mass is 9.76. The fourth-order valence-corrected chi connectivity index (χ4v) is 3.95. The van der Waals surface area contributed by atoms with E-state index in [1.165, 1.54) is 44.9 Å². The highest BCUT2D eigenvalue weighted by molar-refractivity contribution is 5.09. The molecule has 1 aromatic heterocycles. The average Bonchev–Trinajstić information content (AvgIpc) is 2.98. The van der Waals surface area contributed by atoms with E-state index in [0.29, 0.717) is 5.92 Å². The van der Waals surface area contributed by atoms with Gasteiger partial charge in [0.25, 0.3) is 0 Å². The molecule has 1 saturated carbocycles. The highest BCUT2D eigenvalue weighted by Gasteiger charge is 2.38. The van der Waals surface area contributed by atoms with Gasteiger partial charge in [0.15, 0.2) is 5.82 Å². The zero-order valence-corrected chi connectivity index (χ0v) is 13.4. The molecule has 0 bridgehead atoms. The SMILES string of the molecule is CCC1(c2nc(C3CCCCCCC3)no2)CCNCC1. The molecule has 0 atom stereocenters. The van der Waals surface area contributed by atoms with E-state index in [1.54, 1.807) is 0 Å². The fourth-order valence-electron chi connectivity index (χ4n) is 3.95. The second-order valence-electron chi connectivity index (χ2n) is 6.88. The van der Waals surface area contributed by atoms with Crippen LogP contribution in [0.3, 0.4) is 0 Å². The number of aromatic nitrogens is 2. The standard InChI is InChI=1S/C17H29N3O/c1-2-17(10-12-18-13-11-17)16-19-15(20-21-16)14-8-6-4-3-5-7-9-14/h14,18H,2-13H2,1H3. The molecule has 1 aliphatic heterocycles. The molecule has 2 heterocycles. The van der Waals surface area contributed by atoms with Crippen LogP contribution >= 0.6 is 0 Å². The van der Waals surface area contributed by atoms with Crippen molar-refractivity contribution in [2.45, 2.75) is 82.5 Å². The first-order valence-corrected chi connectivity index (χ1v) is 8.89. The van der Waals surface area contributed by atoms with Crippen LogP contribution in [0.2, 0.25) is 0 Å². The highest BCUT2D eigenvalue weighted by atomic mass is 16.5. The molecule has 3 rings (SSSR count). The molecule has 1 N–H and O–H groups in total. The first-order chi connectivity index (χ1) is 10.3. The van der Waals surface area contributed by atoms with Gasteiger partial charge in [-0.15, -0.1) is 0 Å². The van der Waals surface area contributed by atoms with E-state index < -0.39 is 0 Å². The summed E-state index contributed by atoms with van der Waals surface area (Å²) >= 11 is 0. The molecule has 118 valence electrons. The second-order valence-corrected chi connectivity index (χ2v) is 6.88. The monoisotopic (exact) mass is 291 g/mol. The maximum atomic E-state index is 5.73. The van der Waals surface area contributed by atoms with Crippen LogP contribution in [0, 0.1) is 0 Å². The maximum Gasteiger partial charge on any atom is 0.232 e. The topological polar surface area (TPSA) is 51.0 Å². The molecule has 1 saturated heterocycles. The number of rotatable bonds is 3. The Labute approximate surface area is 128 Å². The van der Waals surface area contributed by atoms with E-state index in [9.17, 15) is 0 Å². The minimum Gasteiger partial charge on any atom is -0.339 e. The molecule has 1 aromatic rings. The van der Waals surface area contributed by atoms with E-state index in [0.717, 1.165) is 44.1 Å². The molecule has 0 radical (unpaired) electrons. The van der Waals surface area contributed by atoms with E-state index in [1.807, 2.05) is 0 Å². The predicted octanol–water partition coefficient (Wildman–Crippen LogP) is 3.93. The van der Waals surface area contributed by atoms with Crippen LogP contribution < -0.4 is 5.32 Å². The van der Waals surface area contributed by atoms with E-state index in [2.05, 4.69) is 17.4 Å². The Kier molecular flexibility index (Phi) is 4.94. The molecule has 1 aliphatic carbocycles. The summed E-state index contributed by atoms with van der Waals surface area (Å²) in [5.74, 6) is 2.42. The van der Waals surface area contributed by atoms with Gasteiger partial charge in [-0.1, -0.05) is 44.2 Å². The van der Waals surface area contributed by atoms with Crippen LogP contribution in [-0.4, -0.2) is 23.2 Å². The van der Waals surface area contributed by atoms with Crippen molar-refractivity contribution in [1.29, 1.82) is 0 Å². The smallest absolute Gasteiger partial charge is 0.232 e. The Bertz CT molecular complexity index is 429. The highest BCUT2D eigenvalue weighted by Crippen LogP contribution is 2.37.